The highest BCUT2D eigenvalue weighted by Crippen LogP contribution is 2.27. The van der Waals surface area contributed by atoms with Gasteiger partial charge >= 0.3 is 0 Å². The summed E-state index contributed by atoms with van der Waals surface area (Å²) < 4.78 is 10.6. The molecular formula is C20H26N2O3. The number of aryl methyl sites for hydroxylation is 2. The second kappa shape index (κ2) is 8.53. The summed E-state index contributed by atoms with van der Waals surface area (Å²) in [5.41, 5.74) is 4.16. The number of methoxy groups -OCH3 is 2. The molecule has 0 spiro atoms. The van der Waals surface area contributed by atoms with Gasteiger partial charge in [-0.05, 0) is 61.9 Å². The van der Waals surface area contributed by atoms with Crippen LogP contribution in [0.4, 0.5) is 5.69 Å². The molecule has 1 N–H and O–H groups in total. The summed E-state index contributed by atoms with van der Waals surface area (Å²) >= 11 is 0. The lowest BCUT2D eigenvalue weighted by atomic mass is 10.1. The largest absolute Gasteiger partial charge is 0.493 e. The average Bonchev–Trinajstić information content (AvgIpc) is 2.53. The number of hydrogen-bond donors (Lipinski definition) is 1. The maximum Gasteiger partial charge on any atom is 0.238 e. The van der Waals surface area contributed by atoms with E-state index in [1.54, 1.807) is 14.2 Å². The normalized spacial score (nSPS) is 10.6. The molecule has 2 aromatic carbocycles. The highest BCUT2D eigenvalue weighted by Gasteiger charge is 2.10. The van der Waals surface area contributed by atoms with E-state index in [1.807, 2.05) is 56.1 Å². The Morgan fingerprint density at radius 3 is 2.24 bits per heavy atom. The van der Waals surface area contributed by atoms with E-state index in [0.717, 1.165) is 22.4 Å². The number of amides is 1. The van der Waals surface area contributed by atoms with Gasteiger partial charge in [-0.25, -0.2) is 0 Å². The lowest BCUT2D eigenvalue weighted by molar-refractivity contribution is -0.117. The molecule has 0 unspecified atom stereocenters. The number of hydrogen-bond acceptors (Lipinski definition) is 4. The van der Waals surface area contributed by atoms with Gasteiger partial charge in [0.2, 0.25) is 5.91 Å². The Bertz CT molecular complexity index is 723. The van der Waals surface area contributed by atoms with E-state index in [2.05, 4.69) is 11.4 Å². The third-order valence-corrected chi connectivity index (χ3v) is 3.82. The first kappa shape index (κ1) is 18.8. The topological polar surface area (TPSA) is 50.8 Å². The SMILES string of the molecule is COc1ccc(CN(C)CC(=O)Nc2cc(C)cc(C)c2)cc1OC. The Kier molecular flexibility index (Phi) is 6.42. The Balaban J connectivity index is 1.95. The first-order valence-electron chi connectivity index (χ1n) is 8.19. The van der Waals surface area contributed by atoms with Gasteiger partial charge in [0.05, 0.1) is 20.8 Å². The second-order valence-electron chi connectivity index (χ2n) is 6.29. The maximum atomic E-state index is 12.3. The van der Waals surface area contributed by atoms with Gasteiger partial charge in [-0.3, -0.25) is 9.69 Å². The molecule has 0 saturated heterocycles. The first-order chi connectivity index (χ1) is 11.9. The van der Waals surface area contributed by atoms with Gasteiger partial charge in [0.1, 0.15) is 0 Å². The minimum absolute atomic E-state index is 0.0343. The van der Waals surface area contributed by atoms with E-state index in [1.165, 1.54) is 0 Å². The molecule has 0 aliphatic heterocycles. The molecule has 0 heterocycles. The van der Waals surface area contributed by atoms with Crippen LogP contribution in [0.25, 0.3) is 0 Å². The molecule has 25 heavy (non-hydrogen) atoms. The fourth-order valence-corrected chi connectivity index (χ4v) is 2.84. The molecule has 2 aromatic rings. The number of benzene rings is 2. The van der Waals surface area contributed by atoms with E-state index < -0.39 is 0 Å². The van der Waals surface area contributed by atoms with Crippen molar-refractivity contribution < 1.29 is 14.3 Å². The van der Waals surface area contributed by atoms with E-state index in [9.17, 15) is 4.79 Å². The molecule has 0 atom stereocenters. The predicted octanol–water partition coefficient (Wildman–Crippen LogP) is 3.39. The monoisotopic (exact) mass is 342 g/mol. The van der Waals surface area contributed by atoms with Crippen LogP contribution < -0.4 is 14.8 Å². The van der Waals surface area contributed by atoms with Crippen molar-refractivity contribution in [1.82, 2.24) is 4.90 Å². The number of carbonyl (C=O) groups is 1. The van der Waals surface area contributed by atoms with Crippen LogP contribution in [0, 0.1) is 13.8 Å². The molecule has 1 amide bonds. The van der Waals surface area contributed by atoms with Crippen molar-refractivity contribution in [2.24, 2.45) is 0 Å². The van der Waals surface area contributed by atoms with Gasteiger partial charge in [0, 0.05) is 12.2 Å². The maximum absolute atomic E-state index is 12.3. The molecule has 2 rings (SSSR count). The highest BCUT2D eigenvalue weighted by molar-refractivity contribution is 5.92. The lowest BCUT2D eigenvalue weighted by Crippen LogP contribution is -2.29. The molecule has 0 fully saturated rings. The van der Waals surface area contributed by atoms with Crippen LogP contribution in [0.1, 0.15) is 16.7 Å². The van der Waals surface area contributed by atoms with Gasteiger partial charge in [0.25, 0.3) is 0 Å². The number of nitrogens with zero attached hydrogens (tertiary/aromatic N) is 1. The van der Waals surface area contributed by atoms with Crippen molar-refractivity contribution in [1.29, 1.82) is 0 Å². The van der Waals surface area contributed by atoms with Gasteiger partial charge < -0.3 is 14.8 Å². The van der Waals surface area contributed by atoms with Crippen LogP contribution in [0.3, 0.4) is 0 Å². The van der Waals surface area contributed by atoms with Crippen molar-refractivity contribution in [2.45, 2.75) is 20.4 Å². The lowest BCUT2D eigenvalue weighted by Gasteiger charge is -2.18. The molecule has 5 nitrogen and oxygen atoms in total. The fourth-order valence-electron chi connectivity index (χ4n) is 2.84. The minimum Gasteiger partial charge on any atom is -0.493 e. The fraction of sp³-hybridized carbons (Fsp3) is 0.350. The predicted molar refractivity (Wildman–Crippen MR) is 100 cm³/mol. The third-order valence-electron chi connectivity index (χ3n) is 3.82. The van der Waals surface area contributed by atoms with E-state index >= 15 is 0 Å². The summed E-state index contributed by atoms with van der Waals surface area (Å²) in [7, 11) is 5.14. The zero-order chi connectivity index (χ0) is 18.4. The first-order valence-corrected chi connectivity index (χ1v) is 8.19. The van der Waals surface area contributed by atoms with Crippen LogP contribution in [-0.4, -0.2) is 38.6 Å². The molecule has 5 heteroatoms. The van der Waals surface area contributed by atoms with Crippen molar-refractivity contribution in [2.75, 3.05) is 33.1 Å². The third kappa shape index (κ3) is 5.50. The molecule has 0 bridgehead atoms. The minimum atomic E-state index is -0.0343. The number of carbonyl (C=O) groups excluding carboxylic acids is 1. The Labute approximate surface area is 149 Å². The average molecular weight is 342 g/mol. The zero-order valence-electron chi connectivity index (χ0n) is 15.6. The Hall–Kier alpha value is -2.53. The van der Waals surface area contributed by atoms with Crippen molar-refractivity contribution >= 4 is 11.6 Å². The van der Waals surface area contributed by atoms with Crippen LogP contribution in [0.5, 0.6) is 11.5 Å². The van der Waals surface area contributed by atoms with E-state index in [4.69, 9.17) is 9.47 Å². The summed E-state index contributed by atoms with van der Waals surface area (Å²) in [6.45, 7) is 4.99. The summed E-state index contributed by atoms with van der Waals surface area (Å²) in [6.07, 6.45) is 0. The molecule has 134 valence electrons. The van der Waals surface area contributed by atoms with Gasteiger partial charge in [-0.2, -0.15) is 0 Å². The summed E-state index contributed by atoms with van der Waals surface area (Å²) in [4.78, 5) is 14.2. The number of nitrogens with one attached hydrogen (secondary N) is 1. The molecule has 0 aliphatic carbocycles. The van der Waals surface area contributed by atoms with Crippen LogP contribution in [0.15, 0.2) is 36.4 Å². The summed E-state index contributed by atoms with van der Waals surface area (Å²) in [6, 6.07) is 11.8. The van der Waals surface area contributed by atoms with Crippen molar-refractivity contribution in [3.63, 3.8) is 0 Å². The number of anilines is 1. The molecular weight excluding hydrogens is 316 g/mol. The molecule has 0 saturated carbocycles. The van der Waals surface area contributed by atoms with Crippen LogP contribution in [0.2, 0.25) is 0 Å². The van der Waals surface area contributed by atoms with Crippen molar-refractivity contribution in [3.8, 4) is 11.5 Å². The van der Waals surface area contributed by atoms with Gasteiger partial charge in [-0.15, -0.1) is 0 Å². The highest BCUT2D eigenvalue weighted by atomic mass is 16.5. The second-order valence-corrected chi connectivity index (χ2v) is 6.29. The van der Waals surface area contributed by atoms with E-state index in [-0.39, 0.29) is 5.91 Å². The van der Waals surface area contributed by atoms with E-state index in [0.29, 0.717) is 24.6 Å². The number of ether oxygens (including phenoxy) is 2. The quantitative estimate of drug-likeness (QED) is 0.838. The van der Waals surface area contributed by atoms with Gasteiger partial charge in [0.15, 0.2) is 11.5 Å². The summed E-state index contributed by atoms with van der Waals surface area (Å²) in [5, 5.41) is 2.96. The Morgan fingerprint density at radius 2 is 1.64 bits per heavy atom. The zero-order valence-corrected chi connectivity index (χ0v) is 15.6. The molecule has 0 aromatic heterocycles. The standard InChI is InChI=1S/C20H26N2O3/c1-14-8-15(2)10-17(9-14)21-20(23)13-22(3)12-16-6-7-18(24-4)19(11-16)25-5/h6-11H,12-13H2,1-5H3,(H,21,23). The summed E-state index contributed by atoms with van der Waals surface area (Å²) in [5.74, 6) is 1.35. The molecule has 0 aliphatic rings. The van der Waals surface area contributed by atoms with Crippen LogP contribution in [-0.2, 0) is 11.3 Å². The van der Waals surface area contributed by atoms with Crippen LogP contribution >= 0.6 is 0 Å². The number of likely N-dealkylation sites (N-methyl/N-ethyl adjacent to an activating group) is 1. The Morgan fingerprint density at radius 1 is 1.00 bits per heavy atom. The van der Waals surface area contributed by atoms with Crippen molar-refractivity contribution in [3.05, 3.63) is 53.1 Å². The number of rotatable bonds is 7. The smallest absolute Gasteiger partial charge is 0.238 e. The van der Waals surface area contributed by atoms with Gasteiger partial charge in [-0.1, -0.05) is 12.1 Å². The molecule has 0 radical (unpaired) electrons.